The quantitative estimate of drug-likeness (QED) is 0.809. The van der Waals surface area contributed by atoms with E-state index in [1.54, 1.807) is 24.3 Å². The van der Waals surface area contributed by atoms with E-state index in [1.165, 1.54) is 19.2 Å². The minimum atomic E-state index is -0.517. The van der Waals surface area contributed by atoms with Crippen molar-refractivity contribution in [2.45, 2.75) is 0 Å². The lowest BCUT2D eigenvalue weighted by Crippen LogP contribution is -1.89. The van der Waals surface area contributed by atoms with Gasteiger partial charge in [0.1, 0.15) is 12.6 Å². The molecular formula is C15H12ClFO3. The van der Waals surface area contributed by atoms with Crippen LogP contribution in [-0.2, 0) is 0 Å². The van der Waals surface area contributed by atoms with Crippen molar-refractivity contribution in [3.63, 3.8) is 0 Å². The van der Waals surface area contributed by atoms with Gasteiger partial charge in [-0.15, -0.1) is 0 Å². The third-order valence-electron chi connectivity index (χ3n) is 2.30. The van der Waals surface area contributed by atoms with E-state index >= 15 is 0 Å². The Kier molecular flexibility index (Phi) is 6.40. The maximum Gasteiger partial charge on any atom is 0.165 e. The molecule has 0 radical (unpaired) electrons. The number of rotatable bonds is 3. The summed E-state index contributed by atoms with van der Waals surface area (Å²) >= 11 is 5.56. The molecule has 3 nitrogen and oxygen atoms in total. The summed E-state index contributed by atoms with van der Waals surface area (Å²) < 4.78 is 17.4. The zero-order chi connectivity index (χ0) is 15.0. The Bertz CT molecular complexity index is 599. The zero-order valence-electron chi connectivity index (χ0n) is 10.7. The lowest BCUT2D eigenvalue weighted by atomic mass is 10.2. The molecule has 2 aromatic rings. The summed E-state index contributed by atoms with van der Waals surface area (Å²) in [6, 6.07) is 10.8. The molecule has 0 aliphatic rings. The van der Waals surface area contributed by atoms with Crippen molar-refractivity contribution in [2.75, 3.05) is 7.11 Å². The third kappa shape index (κ3) is 4.82. The van der Waals surface area contributed by atoms with E-state index in [0.29, 0.717) is 22.4 Å². The zero-order valence-corrected chi connectivity index (χ0v) is 11.4. The minimum Gasteiger partial charge on any atom is -0.494 e. The van der Waals surface area contributed by atoms with E-state index in [1.807, 2.05) is 0 Å². The fourth-order valence-electron chi connectivity index (χ4n) is 1.34. The van der Waals surface area contributed by atoms with Gasteiger partial charge < -0.3 is 4.74 Å². The molecule has 5 heteroatoms. The number of aldehydes is 2. The van der Waals surface area contributed by atoms with E-state index in [2.05, 4.69) is 4.74 Å². The first-order valence-corrected chi connectivity index (χ1v) is 5.98. The van der Waals surface area contributed by atoms with E-state index < -0.39 is 5.82 Å². The number of carbonyl (C=O) groups is 2. The van der Waals surface area contributed by atoms with Gasteiger partial charge in [0.2, 0.25) is 0 Å². The molecule has 0 aliphatic carbocycles. The lowest BCUT2D eigenvalue weighted by Gasteiger charge is -1.99. The summed E-state index contributed by atoms with van der Waals surface area (Å²) in [5.74, 6) is -0.368. The summed E-state index contributed by atoms with van der Waals surface area (Å²) in [5.41, 5.74) is 0.922. The predicted octanol–water partition coefficient (Wildman–Crippen LogP) is 3.80. The first-order chi connectivity index (χ1) is 9.60. The number of carbonyl (C=O) groups excluding carboxylic acids is 2. The molecule has 20 heavy (non-hydrogen) atoms. The number of hydrogen-bond donors (Lipinski definition) is 0. The van der Waals surface area contributed by atoms with Crippen LogP contribution in [0.3, 0.4) is 0 Å². The molecule has 0 bridgehead atoms. The summed E-state index contributed by atoms with van der Waals surface area (Å²) in [4.78, 5) is 20.3. The van der Waals surface area contributed by atoms with E-state index in [4.69, 9.17) is 11.6 Å². The van der Waals surface area contributed by atoms with Gasteiger partial charge in [-0.3, -0.25) is 9.59 Å². The molecule has 0 unspecified atom stereocenters. The third-order valence-corrected chi connectivity index (χ3v) is 2.53. The highest BCUT2D eigenvalue weighted by molar-refractivity contribution is 6.30. The van der Waals surface area contributed by atoms with E-state index in [-0.39, 0.29) is 5.75 Å². The SMILES string of the molecule is COc1ccc(C=O)cc1F.O=Cc1cccc(Cl)c1. The smallest absolute Gasteiger partial charge is 0.165 e. The second kappa shape index (κ2) is 8.07. The van der Waals surface area contributed by atoms with Gasteiger partial charge in [-0.2, -0.15) is 0 Å². The second-order valence-corrected chi connectivity index (χ2v) is 4.12. The van der Waals surface area contributed by atoms with Crippen LogP contribution in [0.1, 0.15) is 20.7 Å². The van der Waals surface area contributed by atoms with Crippen molar-refractivity contribution < 1.29 is 18.7 Å². The first kappa shape index (κ1) is 15.9. The van der Waals surface area contributed by atoms with Crippen LogP contribution in [0, 0.1) is 5.82 Å². The molecule has 104 valence electrons. The molecule has 2 rings (SSSR count). The minimum absolute atomic E-state index is 0.149. The fraction of sp³-hybridized carbons (Fsp3) is 0.0667. The number of methoxy groups -OCH3 is 1. The molecule has 0 fully saturated rings. The molecule has 0 spiro atoms. The van der Waals surface area contributed by atoms with Gasteiger partial charge in [-0.25, -0.2) is 4.39 Å². The van der Waals surface area contributed by atoms with Gasteiger partial charge in [0.15, 0.2) is 11.6 Å². The Morgan fingerprint density at radius 1 is 1.05 bits per heavy atom. The van der Waals surface area contributed by atoms with Gasteiger partial charge >= 0.3 is 0 Å². The van der Waals surface area contributed by atoms with Crippen LogP contribution >= 0.6 is 11.6 Å². The monoisotopic (exact) mass is 294 g/mol. The lowest BCUT2D eigenvalue weighted by molar-refractivity contribution is 0.111. The van der Waals surface area contributed by atoms with Crippen molar-refractivity contribution in [2.24, 2.45) is 0 Å². The Labute approximate surface area is 120 Å². The van der Waals surface area contributed by atoms with Crippen LogP contribution in [0.4, 0.5) is 4.39 Å². The normalized spacial score (nSPS) is 9.15. The molecule has 0 saturated carbocycles. The van der Waals surface area contributed by atoms with E-state index in [9.17, 15) is 14.0 Å². The van der Waals surface area contributed by atoms with Crippen LogP contribution in [-0.4, -0.2) is 19.7 Å². The van der Waals surface area contributed by atoms with Crippen LogP contribution in [0.25, 0.3) is 0 Å². The van der Waals surface area contributed by atoms with E-state index in [0.717, 1.165) is 12.4 Å². The van der Waals surface area contributed by atoms with Crippen LogP contribution < -0.4 is 4.74 Å². The van der Waals surface area contributed by atoms with Gasteiger partial charge in [-0.1, -0.05) is 23.7 Å². The first-order valence-electron chi connectivity index (χ1n) is 5.60. The Morgan fingerprint density at radius 3 is 2.15 bits per heavy atom. The average molecular weight is 295 g/mol. The average Bonchev–Trinajstić information content (AvgIpc) is 2.47. The highest BCUT2D eigenvalue weighted by Gasteiger charge is 2.01. The highest BCUT2D eigenvalue weighted by Crippen LogP contribution is 2.16. The molecule has 0 atom stereocenters. The number of hydrogen-bond acceptors (Lipinski definition) is 3. The predicted molar refractivity (Wildman–Crippen MR) is 75.2 cm³/mol. The Morgan fingerprint density at radius 2 is 1.70 bits per heavy atom. The summed E-state index contributed by atoms with van der Waals surface area (Å²) in [5, 5.41) is 0.597. The van der Waals surface area contributed by atoms with Crippen molar-refractivity contribution in [3.05, 3.63) is 64.4 Å². The maximum atomic E-state index is 12.8. The second-order valence-electron chi connectivity index (χ2n) is 3.68. The van der Waals surface area contributed by atoms with Crippen molar-refractivity contribution >= 4 is 24.2 Å². The van der Waals surface area contributed by atoms with Crippen molar-refractivity contribution in [3.8, 4) is 5.75 Å². The summed E-state index contributed by atoms with van der Waals surface area (Å²) in [6.07, 6.45) is 1.36. The number of halogens is 2. The summed E-state index contributed by atoms with van der Waals surface area (Å²) in [7, 11) is 1.37. The summed E-state index contributed by atoms with van der Waals surface area (Å²) in [6.45, 7) is 0. The molecule has 0 heterocycles. The van der Waals surface area contributed by atoms with Crippen molar-refractivity contribution in [1.29, 1.82) is 0 Å². The van der Waals surface area contributed by atoms with Crippen LogP contribution in [0.15, 0.2) is 42.5 Å². The molecule has 0 aromatic heterocycles. The largest absolute Gasteiger partial charge is 0.494 e. The van der Waals surface area contributed by atoms with Crippen LogP contribution in [0.2, 0.25) is 5.02 Å². The van der Waals surface area contributed by atoms with Gasteiger partial charge in [0.25, 0.3) is 0 Å². The highest BCUT2D eigenvalue weighted by atomic mass is 35.5. The molecule has 0 saturated heterocycles. The number of benzene rings is 2. The maximum absolute atomic E-state index is 12.8. The molecule has 0 amide bonds. The fourth-order valence-corrected chi connectivity index (χ4v) is 1.53. The standard InChI is InChI=1S/C8H7FO2.C7H5ClO/c1-11-8-3-2-6(5-10)4-7(8)9;8-7-3-1-2-6(4-7)5-9/h2-5H,1H3;1-5H. The number of ether oxygens (including phenoxy) is 1. The molecular weight excluding hydrogens is 283 g/mol. The van der Waals surface area contributed by atoms with Gasteiger partial charge in [0.05, 0.1) is 7.11 Å². The van der Waals surface area contributed by atoms with Crippen LogP contribution in [0.5, 0.6) is 5.75 Å². The van der Waals surface area contributed by atoms with Gasteiger partial charge in [0, 0.05) is 16.1 Å². The molecule has 0 aliphatic heterocycles. The molecule has 0 N–H and O–H groups in total. The Balaban J connectivity index is 0.000000204. The van der Waals surface area contributed by atoms with Gasteiger partial charge in [-0.05, 0) is 30.3 Å². The molecule has 2 aromatic carbocycles. The Hall–Kier alpha value is -2.20. The van der Waals surface area contributed by atoms with Crippen molar-refractivity contribution in [1.82, 2.24) is 0 Å². The topological polar surface area (TPSA) is 43.4 Å².